The Kier molecular flexibility index (Phi) is 4.16. The summed E-state index contributed by atoms with van der Waals surface area (Å²) in [6.45, 7) is 0. The van der Waals surface area contributed by atoms with Gasteiger partial charge in [-0.2, -0.15) is 5.10 Å². The van der Waals surface area contributed by atoms with Crippen LogP contribution in [0, 0.1) is 0 Å². The van der Waals surface area contributed by atoms with Crippen LogP contribution in [0.1, 0.15) is 5.56 Å². The number of aromatic nitrogens is 1. The molecule has 0 aliphatic rings. The summed E-state index contributed by atoms with van der Waals surface area (Å²) in [5.41, 5.74) is 2.71. The third kappa shape index (κ3) is 2.84. The second-order valence-corrected chi connectivity index (χ2v) is 5.44. The van der Waals surface area contributed by atoms with Crippen molar-refractivity contribution in [1.29, 1.82) is 0 Å². The molecular weight excluding hydrogens is 294 g/mol. The zero-order chi connectivity index (χ0) is 15.4. The first-order chi connectivity index (χ1) is 10.8. The van der Waals surface area contributed by atoms with Gasteiger partial charge < -0.3 is 5.11 Å². The Hall–Kier alpha value is -2.66. The Labute approximate surface area is 132 Å². The van der Waals surface area contributed by atoms with E-state index < -0.39 is 0 Å². The lowest BCUT2D eigenvalue weighted by Crippen LogP contribution is -2.11. The van der Waals surface area contributed by atoms with Crippen molar-refractivity contribution in [2.75, 3.05) is 7.05 Å². The first-order valence-electron chi connectivity index (χ1n) is 6.81. The number of phenols is 1. The first kappa shape index (κ1) is 14.3. The van der Waals surface area contributed by atoms with E-state index in [0.29, 0.717) is 5.56 Å². The average molecular weight is 309 g/mol. The Balaban J connectivity index is 2.07. The van der Waals surface area contributed by atoms with Crippen LogP contribution in [0.25, 0.3) is 11.3 Å². The summed E-state index contributed by atoms with van der Waals surface area (Å²) in [5.74, 6) is 0.207. The lowest BCUT2D eigenvalue weighted by molar-refractivity contribution is 0.474. The van der Waals surface area contributed by atoms with Crippen LogP contribution in [0.2, 0.25) is 0 Å². The number of hydrogen-bond acceptors (Lipinski definition) is 4. The van der Waals surface area contributed by atoms with Crippen molar-refractivity contribution < 1.29 is 5.11 Å². The first-order valence-corrected chi connectivity index (χ1v) is 7.68. The van der Waals surface area contributed by atoms with E-state index in [1.54, 1.807) is 30.1 Å². The molecule has 110 valence electrons. The number of rotatable bonds is 3. The SMILES string of the molecule is CN=c1scc(-c2ccccc2)n1N=Cc1ccccc1O. The molecule has 0 radical (unpaired) electrons. The lowest BCUT2D eigenvalue weighted by Gasteiger charge is -2.03. The summed E-state index contributed by atoms with van der Waals surface area (Å²) >= 11 is 1.53. The minimum atomic E-state index is 0.207. The molecule has 0 unspecified atom stereocenters. The Bertz CT molecular complexity index is 863. The van der Waals surface area contributed by atoms with E-state index in [1.807, 2.05) is 47.8 Å². The number of thiazole rings is 1. The maximum absolute atomic E-state index is 9.83. The van der Waals surface area contributed by atoms with Gasteiger partial charge in [0, 0.05) is 23.6 Å². The number of phenolic OH excluding ortho intramolecular Hbond substituents is 1. The second-order valence-electron chi connectivity index (χ2n) is 4.61. The van der Waals surface area contributed by atoms with E-state index in [1.165, 1.54) is 11.3 Å². The molecule has 0 fully saturated rings. The summed E-state index contributed by atoms with van der Waals surface area (Å²) in [7, 11) is 1.74. The number of nitrogens with zero attached hydrogens (tertiary/aromatic N) is 3. The molecule has 0 aliphatic carbocycles. The quantitative estimate of drug-likeness (QED) is 0.741. The van der Waals surface area contributed by atoms with E-state index in [2.05, 4.69) is 10.1 Å². The van der Waals surface area contributed by atoms with Crippen molar-refractivity contribution >= 4 is 17.6 Å². The zero-order valence-corrected chi connectivity index (χ0v) is 12.9. The fourth-order valence-electron chi connectivity index (χ4n) is 2.09. The number of benzene rings is 2. The third-order valence-corrected chi connectivity index (χ3v) is 4.10. The molecule has 4 nitrogen and oxygen atoms in total. The predicted octanol–water partition coefficient (Wildman–Crippen LogP) is 3.33. The number of aromatic hydroxyl groups is 1. The number of para-hydroxylation sites is 1. The van der Waals surface area contributed by atoms with Gasteiger partial charge in [-0.05, 0) is 12.1 Å². The van der Waals surface area contributed by atoms with Crippen LogP contribution in [-0.2, 0) is 0 Å². The zero-order valence-electron chi connectivity index (χ0n) is 12.0. The van der Waals surface area contributed by atoms with E-state index in [-0.39, 0.29) is 5.75 Å². The van der Waals surface area contributed by atoms with Gasteiger partial charge >= 0.3 is 0 Å². The molecule has 0 bridgehead atoms. The largest absolute Gasteiger partial charge is 0.507 e. The third-order valence-electron chi connectivity index (χ3n) is 3.20. The molecule has 22 heavy (non-hydrogen) atoms. The van der Waals surface area contributed by atoms with Crippen LogP contribution in [0.15, 0.2) is 70.1 Å². The predicted molar refractivity (Wildman–Crippen MR) is 90.3 cm³/mol. The number of hydrogen-bond donors (Lipinski definition) is 1. The minimum absolute atomic E-state index is 0.207. The van der Waals surface area contributed by atoms with E-state index in [4.69, 9.17) is 0 Å². The Morgan fingerprint density at radius 1 is 1.05 bits per heavy atom. The normalized spacial score (nSPS) is 12.1. The molecule has 2 aromatic carbocycles. The second kappa shape index (κ2) is 6.41. The van der Waals surface area contributed by atoms with Gasteiger partial charge in [-0.15, -0.1) is 11.3 Å². The maximum Gasteiger partial charge on any atom is 0.205 e. The van der Waals surface area contributed by atoms with Crippen LogP contribution in [0.3, 0.4) is 0 Å². The minimum Gasteiger partial charge on any atom is -0.507 e. The van der Waals surface area contributed by atoms with Crippen molar-refractivity contribution in [2.45, 2.75) is 0 Å². The summed E-state index contributed by atoms with van der Waals surface area (Å²) in [6.07, 6.45) is 1.64. The van der Waals surface area contributed by atoms with Gasteiger partial charge in [-0.1, -0.05) is 42.5 Å². The molecule has 1 aromatic heterocycles. The highest BCUT2D eigenvalue weighted by Crippen LogP contribution is 2.20. The van der Waals surface area contributed by atoms with Gasteiger partial charge in [0.2, 0.25) is 4.80 Å². The Morgan fingerprint density at radius 2 is 1.77 bits per heavy atom. The highest BCUT2D eigenvalue weighted by molar-refractivity contribution is 7.07. The molecule has 3 aromatic rings. The van der Waals surface area contributed by atoms with Gasteiger partial charge in [0.15, 0.2) is 0 Å². The molecule has 0 aliphatic heterocycles. The van der Waals surface area contributed by atoms with Crippen LogP contribution in [-0.4, -0.2) is 23.0 Å². The van der Waals surface area contributed by atoms with Gasteiger partial charge in [0.25, 0.3) is 0 Å². The van der Waals surface area contributed by atoms with Crippen molar-refractivity contribution in [3.8, 4) is 17.0 Å². The van der Waals surface area contributed by atoms with E-state index in [0.717, 1.165) is 16.1 Å². The van der Waals surface area contributed by atoms with Gasteiger partial charge in [-0.25, -0.2) is 4.68 Å². The monoisotopic (exact) mass is 309 g/mol. The maximum atomic E-state index is 9.83. The standard InChI is InChI=1S/C17H15N3OS/c1-18-17-20(19-11-14-9-5-6-10-16(14)21)15(12-22-17)13-7-3-2-4-8-13/h2-12,21H,1H3. The average Bonchev–Trinajstić information content (AvgIpc) is 2.98. The van der Waals surface area contributed by atoms with Crippen LogP contribution < -0.4 is 4.80 Å². The van der Waals surface area contributed by atoms with E-state index in [9.17, 15) is 5.11 Å². The summed E-state index contributed by atoms with van der Waals surface area (Å²) in [6, 6.07) is 17.1. The highest BCUT2D eigenvalue weighted by Gasteiger charge is 2.06. The smallest absolute Gasteiger partial charge is 0.205 e. The Morgan fingerprint density at radius 3 is 2.50 bits per heavy atom. The fraction of sp³-hybridized carbons (Fsp3) is 0.0588. The van der Waals surface area contributed by atoms with Crippen molar-refractivity contribution in [2.24, 2.45) is 10.1 Å². The molecule has 3 rings (SSSR count). The lowest BCUT2D eigenvalue weighted by atomic mass is 10.2. The molecule has 0 saturated carbocycles. The van der Waals surface area contributed by atoms with Crippen LogP contribution in [0.4, 0.5) is 0 Å². The topological polar surface area (TPSA) is 49.9 Å². The van der Waals surface area contributed by atoms with Crippen molar-refractivity contribution in [1.82, 2.24) is 4.68 Å². The molecule has 0 spiro atoms. The summed E-state index contributed by atoms with van der Waals surface area (Å²) in [4.78, 5) is 5.05. The fourth-order valence-corrected chi connectivity index (χ4v) is 2.89. The van der Waals surface area contributed by atoms with Gasteiger partial charge in [0.1, 0.15) is 5.75 Å². The summed E-state index contributed by atoms with van der Waals surface area (Å²) in [5, 5.41) is 16.4. The molecule has 5 heteroatoms. The van der Waals surface area contributed by atoms with Gasteiger partial charge in [0.05, 0.1) is 11.9 Å². The van der Waals surface area contributed by atoms with Crippen LogP contribution >= 0.6 is 11.3 Å². The van der Waals surface area contributed by atoms with Crippen LogP contribution in [0.5, 0.6) is 5.75 Å². The summed E-state index contributed by atoms with van der Waals surface area (Å²) < 4.78 is 1.78. The molecule has 0 saturated heterocycles. The molecule has 0 atom stereocenters. The molecule has 1 heterocycles. The molecular formula is C17H15N3OS. The molecule has 0 amide bonds. The van der Waals surface area contributed by atoms with Gasteiger partial charge in [-0.3, -0.25) is 4.99 Å². The van der Waals surface area contributed by atoms with E-state index >= 15 is 0 Å². The highest BCUT2D eigenvalue weighted by atomic mass is 32.1. The molecule has 1 N–H and O–H groups in total. The van der Waals surface area contributed by atoms with Crippen molar-refractivity contribution in [3.05, 3.63) is 70.3 Å². The van der Waals surface area contributed by atoms with Crippen molar-refractivity contribution in [3.63, 3.8) is 0 Å².